The summed E-state index contributed by atoms with van der Waals surface area (Å²) in [6, 6.07) is 7.91. The molecular weight excluding hydrogens is 183 g/mol. The molecule has 13 heavy (non-hydrogen) atoms. The fourth-order valence-electron chi connectivity index (χ4n) is 0.637. The molecule has 0 aromatic heterocycles. The number of para-hydroxylation sites is 1. The van der Waals surface area contributed by atoms with Gasteiger partial charge in [0.25, 0.3) is 0 Å². The summed E-state index contributed by atoms with van der Waals surface area (Å²) in [6.45, 7) is 0. The first-order valence-electron chi connectivity index (χ1n) is 3.18. The maximum atomic E-state index is 10.4. The van der Waals surface area contributed by atoms with Crippen LogP contribution in [0.4, 0.5) is 0 Å². The topological polar surface area (TPSA) is 66.4 Å². The molecule has 0 N–H and O–H groups in total. The minimum Gasteiger partial charge on any atom is -0.539 e. The van der Waals surface area contributed by atoms with Gasteiger partial charge in [0.2, 0.25) is 0 Å². The third-order valence-electron chi connectivity index (χ3n) is 1.12. The minimum absolute atomic E-state index is 0. The molecule has 0 aliphatic rings. The fraction of sp³-hybridized carbons (Fsp3) is 0. The maximum Gasteiger partial charge on any atom is 1.00 e. The Kier molecular flexibility index (Phi) is 5.37. The summed E-state index contributed by atoms with van der Waals surface area (Å²) < 4.78 is 4.37. The van der Waals surface area contributed by atoms with Crippen LogP contribution in [0.25, 0.3) is 0 Å². The van der Waals surface area contributed by atoms with E-state index in [4.69, 9.17) is 0 Å². The SMILES string of the molecule is O=C([O-])C(=O)Oc1ccccc1.[Na+]. The van der Waals surface area contributed by atoms with E-state index in [1.165, 1.54) is 12.1 Å². The van der Waals surface area contributed by atoms with E-state index in [1.54, 1.807) is 18.2 Å². The predicted molar refractivity (Wildman–Crippen MR) is 37.1 cm³/mol. The molecule has 0 unspecified atom stereocenters. The minimum atomic E-state index is -1.85. The van der Waals surface area contributed by atoms with Gasteiger partial charge in [-0.05, 0) is 12.1 Å². The van der Waals surface area contributed by atoms with Crippen molar-refractivity contribution in [3.8, 4) is 5.75 Å². The van der Waals surface area contributed by atoms with Crippen LogP contribution in [0.15, 0.2) is 30.3 Å². The number of hydrogen-bond donors (Lipinski definition) is 0. The van der Waals surface area contributed by atoms with Crippen LogP contribution >= 0.6 is 0 Å². The molecule has 5 heteroatoms. The third-order valence-corrected chi connectivity index (χ3v) is 1.12. The molecule has 0 fully saturated rings. The van der Waals surface area contributed by atoms with E-state index in [2.05, 4.69) is 4.74 Å². The molecule has 1 rings (SSSR count). The van der Waals surface area contributed by atoms with Crippen molar-refractivity contribution in [1.29, 1.82) is 0 Å². The van der Waals surface area contributed by atoms with Crippen molar-refractivity contribution in [3.05, 3.63) is 30.3 Å². The number of carbonyl (C=O) groups excluding carboxylic acids is 2. The Bertz CT molecular complexity index is 296. The molecule has 1 aromatic rings. The summed E-state index contributed by atoms with van der Waals surface area (Å²) in [5, 5.41) is 9.92. The van der Waals surface area contributed by atoms with Crippen LogP contribution in [0.5, 0.6) is 5.75 Å². The van der Waals surface area contributed by atoms with Crippen molar-refractivity contribution in [1.82, 2.24) is 0 Å². The van der Waals surface area contributed by atoms with E-state index >= 15 is 0 Å². The van der Waals surface area contributed by atoms with Gasteiger partial charge in [-0.3, -0.25) is 0 Å². The fourth-order valence-corrected chi connectivity index (χ4v) is 0.637. The van der Waals surface area contributed by atoms with Crippen LogP contribution in [0.2, 0.25) is 0 Å². The van der Waals surface area contributed by atoms with Crippen LogP contribution in [-0.2, 0) is 9.59 Å². The second-order valence-corrected chi connectivity index (χ2v) is 1.99. The zero-order valence-corrected chi connectivity index (χ0v) is 9.02. The molecule has 0 saturated heterocycles. The van der Waals surface area contributed by atoms with Gasteiger partial charge in [0.05, 0.1) is 0 Å². The van der Waals surface area contributed by atoms with Gasteiger partial charge in [0, 0.05) is 0 Å². The summed E-state index contributed by atoms with van der Waals surface area (Å²) in [5.41, 5.74) is 0. The number of ether oxygens (including phenoxy) is 1. The first-order chi connectivity index (χ1) is 5.70. The van der Waals surface area contributed by atoms with Crippen LogP contribution in [0, 0.1) is 0 Å². The number of esters is 1. The van der Waals surface area contributed by atoms with Gasteiger partial charge < -0.3 is 14.6 Å². The van der Waals surface area contributed by atoms with Crippen molar-refractivity contribution in [2.45, 2.75) is 0 Å². The van der Waals surface area contributed by atoms with Crippen LogP contribution in [0.3, 0.4) is 0 Å². The molecule has 0 heterocycles. The van der Waals surface area contributed by atoms with Crippen molar-refractivity contribution in [2.24, 2.45) is 0 Å². The standard InChI is InChI=1S/C8H6O4.Na/c9-7(10)8(11)12-6-4-2-1-3-5-6;/h1-5H,(H,9,10);/q;+1/p-1. The van der Waals surface area contributed by atoms with E-state index < -0.39 is 11.9 Å². The monoisotopic (exact) mass is 188 g/mol. The van der Waals surface area contributed by atoms with Crippen molar-refractivity contribution in [3.63, 3.8) is 0 Å². The number of carboxylic acid groups (broad SMARTS) is 1. The number of hydrogen-bond acceptors (Lipinski definition) is 4. The van der Waals surface area contributed by atoms with Gasteiger partial charge in [-0.1, -0.05) is 18.2 Å². The smallest absolute Gasteiger partial charge is 0.539 e. The molecular formula is C8H5NaO4. The summed E-state index contributed by atoms with van der Waals surface area (Å²) >= 11 is 0. The van der Waals surface area contributed by atoms with Gasteiger partial charge >= 0.3 is 35.5 Å². The Balaban J connectivity index is 0.00000144. The molecule has 1 aromatic carbocycles. The van der Waals surface area contributed by atoms with Crippen molar-refractivity contribution < 1.29 is 49.0 Å². The summed E-state index contributed by atoms with van der Waals surface area (Å²) in [7, 11) is 0. The van der Waals surface area contributed by atoms with Gasteiger partial charge in [-0.2, -0.15) is 0 Å². The van der Waals surface area contributed by atoms with Gasteiger partial charge in [0.1, 0.15) is 5.75 Å². The van der Waals surface area contributed by atoms with E-state index in [0.717, 1.165) is 0 Å². The average Bonchev–Trinajstić information content (AvgIpc) is 2.06. The van der Waals surface area contributed by atoms with Crippen molar-refractivity contribution >= 4 is 11.9 Å². The number of carbonyl (C=O) groups is 2. The molecule has 4 nitrogen and oxygen atoms in total. The Labute approximate surface area is 96.8 Å². The zero-order chi connectivity index (χ0) is 8.97. The molecule has 0 aliphatic heterocycles. The van der Waals surface area contributed by atoms with Crippen molar-refractivity contribution in [2.75, 3.05) is 0 Å². The number of benzene rings is 1. The van der Waals surface area contributed by atoms with Crippen LogP contribution in [0.1, 0.15) is 0 Å². The molecule has 0 bridgehead atoms. The van der Waals surface area contributed by atoms with Crippen LogP contribution in [-0.4, -0.2) is 11.9 Å². The Morgan fingerprint density at radius 1 is 1.15 bits per heavy atom. The normalized spacial score (nSPS) is 8.31. The zero-order valence-electron chi connectivity index (χ0n) is 7.02. The van der Waals surface area contributed by atoms with Gasteiger partial charge in [0.15, 0.2) is 5.97 Å². The average molecular weight is 188 g/mol. The quantitative estimate of drug-likeness (QED) is 0.197. The van der Waals surface area contributed by atoms with Crippen LogP contribution < -0.4 is 39.4 Å². The molecule has 0 amide bonds. The molecule has 0 radical (unpaired) electrons. The Hall–Kier alpha value is -0.840. The predicted octanol–water partition coefficient (Wildman–Crippen LogP) is -3.65. The van der Waals surface area contributed by atoms with E-state index in [0.29, 0.717) is 0 Å². The molecule has 0 saturated carbocycles. The first-order valence-corrected chi connectivity index (χ1v) is 3.18. The van der Waals surface area contributed by atoms with E-state index in [9.17, 15) is 14.7 Å². The van der Waals surface area contributed by atoms with Gasteiger partial charge in [-0.15, -0.1) is 0 Å². The second kappa shape index (κ2) is 5.75. The second-order valence-electron chi connectivity index (χ2n) is 1.99. The van der Waals surface area contributed by atoms with Gasteiger partial charge in [-0.25, -0.2) is 4.79 Å². The molecule has 0 atom stereocenters. The van der Waals surface area contributed by atoms with E-state index in [-0.39, 0.29) is 35.3 Å². The number of aliphatic carboxylic acids is 1. The summed E-state index contributed by atoms with van der Waals surface area (Å²) in [5.74, 6) is -3.05. The van der Waals surface area contributed by atoms with E-state index in [1.807, 2.05) is 0 Å². The molecule has 0 aliphatic carbocycles. The third kappa shape index (κ3) is 4.07. The summed E-state index contributed by atoms with van der Waals surface area (Å²) in [6.07, 6.45) is 0. The summed E-state index contributed by atoms with van der Waals surface area (Å²) in [4.78, 5) is 20.3. The molecule has 0 spiro atoms. The maximum absolute atomic E-state index is 10.4. The largest absolute Gasteiger partial charge is 1.00 e. The molecule has 62 valence electrons. The number of carboxylic acids is 1. The first kappa shape index (κ1) is 12.2. The number of rotatable bonds is 1. The Morgan fingerprint density at radius 2 is 1.69 bits per heavy atom. The Morgan fingerprint density at radius 3 is 2.15 bits per heavy atom.